The van der Waals surface area contributed by atoms with Crippen molar-refractivity contribution in [1.29, 1.82) is 0 Å². The van der Waals surface area contributed by atoms with E-state index in [9.17, 15) is 4.79 Å². The number of nitrogens with one attached hydrogen (secondary N) is 1. The molecular formula is C13H20N2O2. The number of ether oxygens (including phenoxy) is 1. The smallest absolute Gasteiger partial charge is 0.411 e. The number of para-hydroxylation sites is 1. The van der Waals surface area contributed by atoms with Crippen molar-refractivity contribution in [3.05, 3.63) is 29.8 Å². The molecule has 0 unspecified atom stereocenters. The molecule has 0 radical (unpaired) electrons. The van der Waals surface area contributed by atoms with Crippen molar-refractivity contribution >= 4 is 11.8 Å². The second kappa shape index (κ2) is 5.68. The maximum atomic E-state index is 11.4. The zero-order valence-electron chi connectivity index (χ0n) is 10.6. The number of nitrogens with two attached hydrogens (primary N) is 1. The van der Waals surface area contributed by atoms with Crippen molar-refractivity contribution in [1.82, 2.24) is 0 Å². The molecule has 0 atom stereocenters. The standard InChI is InChI=1S/C13H20N2O2/c1-4-17-12(16)15-11-8-6-5-7-10(11)13(2,3)9-14/h5-8H,4,9,14H2,1-3H3,(H,15,16). The first kappa shape index (κ1) is 13.5. The predicted octanol–water partition coefficient (Wildman–Crippen LogP) is 2.49. The zero-order chi connectivity index (χ0) is 12.9. The Balaban J connectivity index is 2.96. The van der Waals surface area contributed by atoms with Crippen LogP contribution in [0.1, 0.15) is 26.3 Å². The lowest BCUT2D eigenvalue weighted by Crippen LogP contribution is -2.29. The maximum absolute atomic E-state index is 11.4. The van der Waals surface area contributed by atoms with Gasteiger partial charge in [-0.05, 0) is 18.6 Å². The molecule has 1 aromatic carbocycles. The largest absolute Gasteiger partial charge is 0.450 e. The average Bonchev–Trinajstić information content (AvgIpc) is 2.30. The SMILES string of the molecule is CCOC(=O)Nc1ccccc1C(C)(C)CN. The van der Waals surface area contributed by atoms with Crippen LogP contribution in [0.4, 0.5) is 10.5 Å². The van der Waals surface area contributed by atoms with Gasteiger partial charge >= 0.3 is 6.09 Å². The van der Waals surface area contributed by atoms with E-state index in [1.54, 1.807) is 6.92 Å². The summed E-state index contributed by atoms with van der Waals surface area (Å²) >= 11 is 0. The topological polar surface area (TPSA) is 64.3 Å². The molecular weight excluding hydrogens is 216 g/mol. The Kier molecular flexibility index (Phi) is 4.52. The van der Waals surface area contributed by atoms with E-state index in [4.69, 9.17) is 10.5 Å². The van der Waals surface area contributed by atoms with E-state index in [1.807, 2.05) is 38.1 Å². The molecule has 94 valence electrons. The molecule has 0 aliphatic heterocycles. The van der Waals surface area contributed by atoms with Crippen molar-refractivity contribution in [2.45, 2.75) is 26.2 Å². The Labute approximate surface area is 102 Å². The first-order valence-corrected chi connectivity index (χ1v) is 5.74. The predicted molar refractivity (Wildman–Crippen MR) is 69.2 cm³/mol. The molecule has 0 bridgehead atoms. The first-order chi connectivity index (χ1) is 8.01. The van der Waals surface area contributed by atoms with Crippen LogP contribution in [0, 0.1) is 0 Å². The number of benzene rings is 1. The fourth-order valence-corrected chi connectivity index (χ4v) is 1.57. The lowest BCUT2D eigenvalue weighted by atomic mass is 9.83. The van der Waals surface area contributed by atoms with Gasteiger partial charge in [-0.3, -0.25) is 5.32 Å². The van der Waals surface area contributed by atoms with Gasteiger partial charge in [0, 0.05) is 17.6 Å². The second-order valence-electron chi connectivity index (χ2n) is 4.48. The number of carbonyl (C=O) groups is 1. The van der Waals surface area contributed by atoms with Gasteiger partial charge in [0.2, 0.25) is 0 Å². The van der Waals surface area contributed by atoms with Crippen LogP contribution in [0.2, 0.25) is 0 Å². The van der Waals surface area contributed by atoms with Gasteiger partial charge in [-0.1, -0.05) is 32.0 Å². The number of rotatable bonds is 4. The summed E-state index contributed by atoms with van der Waals surface area (Å²) in [5.74, 6) is 0. The van der Waals surface area contributed by atoms with Crippen molar-refractivity contribution in [2.75, 3.05) is 18.5 Å². The summed E-state index contributed by atoms with van der Waals surface area (Å²) in [6.07, 6.45) is -0.437. The summed E-state index contributed by atoms with van der Waals surface area (Å²) in [4.78, 5) is 11.4. The molecule has 0 spiro atoms. The van der Waals surface area contributed by atoms with Crippen LogP contribution in [0.3, 0.4) is 0 Å². The summed E-state index contributed by atoms with van der Waals surface area (Å²) in [5, 5.41) is 2.74. The van der Waals surface area contributed by atoms with Crippen LogP contribution >= 0.6 is 0 Å². The van der Waals surface area contributed by atoms with Crippen molar-refractivity contribution in [2.24, 2.45) is 5.73 Å². The molecule has 17 heavy (non-hydrogen) atoms. The first-order valence-electron chi connectivity index (χ1n) is 5.74. The monoisotopic (exact) mass is 236 g/mol. The fourth-order valence-electron chi connectivity index (χ4n) is 1.57. The van der Waals surface area contributed by atoms with Gasteiger partial charge in [-0.15, -0.1) is 0 Å². The molecule has 1 amide bonds. The third-order valence-corrected chi connectivity index (χ3v) is 2.68. The van der Waals surface area contributed by atoms with Gasteiger partial charge in [0.1, 0.15) is 0 Å². The normalized spacial score (nSPS) is 11.1. The molecule has 0 aromatic heterocycles. The second-order valence-corrected chi connectivity index (χ2v) is 4.48. The van der Waals surface area contributed by atoms with Gasteiger partial charge < -0.3 is 10.5 Å². The Morgan fingerprint density at radius 2 is 2.06 bits per heavy atom. The van der Waals surface area contributed by atoms with Gasteiger partial charge in [-0.2, -0.15) is 0 Å². The maximum Gasteiger partial charge on any atom is 0.411 e. The van der Waals surface area contributed by atoms with Crippen LogP contribution in [0.15, 0.2) is 24.3 Å². The molecule has 0 aliphatic rings. The van der Waals surface area contributed by atoms with Crippen LogP contribution < -0.4 is 11.1 Å². The highest BCUT2D eigenvalue weighted by molar-refractivity contribution is 5.86. The van der Waals surface area contributed by atoms with E-state index in [1.165, 1.54) is 0 Å². The average molecular weight is 236 g/mol. The number of hydrogen-bond acceptors (Lipinski definition) is 3. The van der Waals surface area contributed by atoms with Crippen LogP contribution in [-0.2, 0) is 10.2 Å². The summed E-state index contributed by atoms with van der Waals surface area (Å²) in [5.41, 5.74) is 7.33. The highest BCUT2D eigenvalue weighted by atomic mass is 16.5. The molecule has 3 N–H and O–H groups in total. The molecule has 0 saturated heterocycles. The van der Waals surface area contributed by atoms with E-state index in [0.29, 0.717) is 13.2 Å². The molecule has 4 nitrogen and oxygen atoms in total. The molecule has 0 saturated carbocycles. The summed E-state index contributed by atoms with van der Waals surface area (Å²) in [6, 6.07) is 7.62. The third-order valence-electron chi connectivity index (χ3n) is 2.68. The number of anilines is 1. The lowest BCUT2D eigenvalue weighted by molar-refractivity contribution is 0.168. The summed E-state index contributed by atoms with van der Waals surface area (Å²) in [7, 11) is 0. The molecule has 0 fully saturated rings. The molecule has 1 aromatic rings. The van der Waals surface area contributed by atoms with Crippen LogP contribution in [0.25, 0.3) is 0 Å². The molecule has 1 rings (SSSR count). The van der Waals surface area contributed by atoms with E-state index in [2.05, 4.69) is 5.32 Å². The van der Waals surface area contributed by atoms with E-state index in [-0.39, 0.29) is 5.41 Å². The fraction of sp³-hybridized carbons (Fsp3) is 0.462. The lowest BCUT2D eigenvalue weighted by Gasteiger charge is -2.25. The van der Waals surface area contributed by atoms with E-state index >= 15 is 0 Å². The quantitative estimate of drug-likeness (QED) is 0.844. The molecule has 4 heteroatoms. The highest BCUT2D eigenvalue weighted by Gasteiger charge is 2.22. The van der Waals surface area contributed by atoms with Crippen LogP contribution in [0.5, 0.6) is 0 Å². The van der Waals surface area contributed by atoms with Crippen molar-refractivity contribution < 1.29 is 9.53 Å². The summed E-state index contributed by atoms with van der Waals surface area (Å²) < 4.78 is 4.87. The summed E-state index contributed by atoms with van der Waals surface area (Å²) in [6.45, 7) is 6.72. The Morgan fingerprint density at radius 1 is 1.41 bits per heavy atom. The number of hydrogen-bond donors (Lipinski definition) is 2. The highest BCUT2D eigenvalue weighted by Crippen LogP contribution is 2.28. The van der Waals surface area contributed by atoms with E-state index in [0.717, 1.165) is 11.3 Å². The van der Waals surface area contributed by atoms with Gasteiger partial charge in [0.05, 0.1) is 6.61 Å². The minimum Gasteiger partial charge on any atom is -0.450 e. The van der Waals surface area contributed by atoms with Crippen LogP contribution in [-0.4, -0.2) is 19.2 Å². The van der Waals surface area contributed by atoms with Crippen molar-refractivity contribution in [3.8, 4) is 0 Å². The third kappa shape index (κ3) is 3.46. The molecule has 0 heterocycles. The van der Waals surface area contributed by atoms with E-state index < -0.39 is 6.09 Å². The zero-order valence-corrected chi connectivity index (χ0v) is 10.6. The Morgan fingerprint density at radius 3 is 2.65 bits per heavy atom. The minimum atomic E-state index is -0.437. The van der Waals surface area contributed by atoms with Crippen molar-refractivity contribution in [3.63, 3.8) is 0 Å². The Bertz CT molecular complexity index is 389. The Hall–Kier alpha value is -1.55. The van der Waals surface area contributed by atoms with Gasteiger partial charge in [0.15, 0.2) is 0 Å². The minimum absolute atomic E-state index is 0.184. The number of amides is 1. The number of carbonyl (C=O) groups excluding carboxylic acids is 1. The molecule has 0 aliphatic carbocycles. The van der Waals surface area contributed by atoms with Gasteiger partial charge in [0.25, 0.3) is 0 Å². The van der Waals surface area contributed by atoms with Gasteiger partial charge in [-0.25, -0.2) is 4.79 Å².